The highest BCUT2D eigenvalue weighted by Gasteiger charge is 2.28. The van der Waals surface area contributed by atoms with Gasteiger partial charge in [0, 0.05) is 29.2 Å². The van der Waals surface area contributed by atoms with Crippen LogP contribution in [0.3, 0.4) is 0 Å². The van der Waals surface area contributed by atoms with Gasteiger partial charge in [-0.05, 0) is 24.1 Å². The fraction of sp³-hybridized carbons (Fsp3) is 0.280. The van der Waals surface area contributed by atoms with Gasteiger partial charge in [-0.25, -0.2) is 4.79 Å². The predicted molar refractivity (Wildman–Crippen MR) is 125 cm³/mol. The number of carbonyl (C=O) groups is 3. The van der Waals surface area contributed by atoms with E-state index in [1.54, 1.807) is 44.3 Å². The van der Waals surface area contributed by atoms with E-state index >= 15 is 0 Å². The first-order chi connectivity index (χ1) is 15.8. The molecule has 0 aliphatic rings. The molecule has 1 N–H and O–H groups in total. The van der Waals surface area contributed by atoms with E-state index in [4.69, 9.17) is 21.6 Å². The summed E-state index contributed by atoms with van der Waals surface area (Å²) >= 11 is 6.07. The van der Waals surface area contributed by atoms with Crippen LogP contribution in [0.2, 0.25) is 5.02 Å². The van der Waals surface area contributed by atoms with Crippen LogP contribution < -0.4 is 5.32 Å². The molecule has 0 fully saturated rings. The van der Waals surface area contributed by atoms with Crippen LogP contribution in [0.25, 0.3) is 10.9 Å². The number of rotatable bonds is 9. The predicted octanol–water partition coefficient (Wildman–Crippen LogP) is 4.39. The zero-order valence-corrected chi connectivity index (χ0v) is 19.1. The summed E-state index contributed by atoms with van der Waals surface area (Å²) in [7, 11) is 0. The van der Waals surface area contributed by atoms with Crippen LogP contribution >= 0.6 is 11.6 Å². The molecule has 0 bridgehead atoms. The van der Waals surface area contributed by atoms with Crippen molar-refractivity contribution in [3.05, 3.63) is 70.9 Å². The van der Waals surface area contributed by atoms with E-state index in [0.29, 0.717) is 18.5 Å². The summed E-state index contributed by atoms with van der Waals surface area (Å²) in [4.78, 5) is 38.2. The van der Waals surface area contributed by atoms with E-state index in [0.717, 1.165) is 10.9 Å². The Morgan fingerprint density at radius 1 is 1.09 bits per heavy atom. The van der Waals surface area contributed by atoms with Gasteiger partial charge in [-0.3, -0.25) is 9.59 Å². The zero-order chi connectivity index (χ0) is 24.0. The van der Waals surface area contributed by atoms with Crippen molar-refractivity contribution in [2.24, 2.45) is 5.92 Å². The normalized spacial score (nSPS) is 11.7. The summed E-state index contributed by atoms with van der Waals surface area (Å²) in [6, 6.07) is 15.0. The van der Waals surface area contributed by atoms with Crippen LogP contribution in [0, 0.1) is 17.2 Å². The maximum absolute atomic E-state index is 12.9. The molecule has 0 aliphatic heterocycles. The van der Waals surface area contributed by atoms with Crippen molar-refractivity contribution in [2.75, 3.05) is 6.61 Å². The van der Waals surface area contributed by atoms with Gasteiger partial charge in [-0.2, -0.15) is 5.26 Å². The van der Waals surface area contributed by atoms with E-state index in [2.05, 4.69) is 11.4 Å². The van der Waals surface area contributed by atoms with Gasteiger partial charge in [0.1, 0.15) is 6.04 Å². The average Bonchev–Trinajstić information content (AvgIpc) is 3.18. The van der Waals surface area contributed by atoms with Gasteiger partial charge in [-0.15, -0.1) is 0 Å². The topological polar surface area (TPSA) is 101 Å². The van der Waals surface area contributed by atoms with Gasteiger partial charge in [0.2, 0.25) is 5.78 Å². The van der Waals surface area contributed by atoms with Crippen LogP contribution in [0.15, 0.2) is 54.7 Å². The van der Waals surface area contributed by atoms with Gasteiger partial charge >= 0.3 is 5.97 Å². The molecule has 170 valence electrons. The number of hydrogen-bond acceptors (Lipinski definition) is 5. The second kappa shape index (κ2) is 10.8. The number of hydrogen-bond donors (Lipinski definition) is 1. The Labute approximate surface area is 196 Å². The van der Waals surface area contributed by atoms with Crippen LogP contribution in [-0.4, -0.2) is 34.9 Å². The molecule has 0 saturated carbocycles. The lowest BCUT2D eigenvalue weighted by Gasteiger charge is -2.21. The van der Waals surface area contributed by atoms with Crippen LogP contribution in [0.5, 0.6) is 0 Å². The van der Waals surface area contributed by atoms with Crippen LogP contribution in [0.4, 0.5) is 0 Å². The Bertz CT molecular complexity index is 1230. The molecule has 0 saturated heterocycles. The van der Waals surface area contributed by atoms with Gasteiger partial charge < -0.3 is 14.6 Å². The summed E-state index contributed by atoms with van der Waals surface area (Å²) in [6.07, 6.45) is 1.99. The number of benzene rings is 2. The minimum atomic E-state index is -0.946. The highest BCUT2D eigenvalue weighted by atomic mass is 35.5. The summed E-state index contributed by atoms with van der Waals surface area (Å²) in [6.45, 7) is 3.52. The molecule has 8 heteroatoms. The molecule has 0 radical (unpaired) electrons. The van der Waals surface area contributed by atoms with Gasteiger partial charge in [0.15, 0.2) is 6.61 Å². The maximum Gasteiger partial charge on any atom is 0.329 e. The number of nitrogens with one attached hydrogen (secondary N) is 1. The number of halogens is 1. The third-order valence-corrected chi connectivity index (χ3v) is 5.55. The van der Waals surface area contributed by atoms with Crippen molar-refractivity contribution in [1.29, 1.82) is 5.26 Å². The first kappa shape index (κ1) is 24.0. The molecule has 7 nitrogen and oxygen atoms in total. The number of Topliss-reactive ketones (excluding diaryl/α,β-unsaturated/α-hetero) is 1. The van der Waals surface area contributed by atoms with Crippen LogP contribution in [-0.2, 0) is 16.1 Å². The Morgan fingerprint density at radius 3 is 2.48 bits per heavy atom. The first-order valence-corrected chi connectivity index (χ1v) is 10.9. The highest BCUT2D eigenvalue weighted by molar-refractivity contribution is 6.33. The van der Waals surface area contributed by atoms with E-state index in [-0.39, 0.29) is 22.3 Å². The van der Waals surface area contributed by atoms with Gasteiger partial charge in [0.05, 0.1) is 23.1 Å². The van der Waals surface area contributed by atoms with Crippen LogP contribution in [0.1, 0.15) is 41.0 Å². The van der Waals surface area contributed by atoms with Crippen molar-refractivity contribution in [1.82, 2.24) is 9.88 Å². The van der Waals surface area contributed by atoms with Crippen molar-refractivity contribution in [2.45, 2.75) is 32.9 Å². The second-order valence-corrected chi connectivity index (χ2v) is 8.27. The molecule has 3 aromatic rings. The van der Waals surface area contributed by atoms with E-state index in [1.165, 1.54) is 0 Å². The monoisotopic (exact) mass is 465 g/mol. The fourth-order valence-corrected chi connectivity index (χ4v) is 3.71. The number of ether oxygens (including phenoxy) is 1. The summed E-state index contributed by atoms with van der Waals surface area (Å²) in [5.41, 5.74) is 1.49. The Hall–Kier alpha value is -3.63. The fourth-order valence-electron chi connectivity index (χ4n) is 3.49. The number of aromatic nitrogens is 1. The minimum Gasteiger partial charge on any atom is -0.456 e. The molecule has 3 rings (SSSR count). The van der Waals surface area contributed by atoms with Crippen molar-refractivity contribution < 1.29 is 19.1 Å². The number of carbonyl (C=O) groups excluding carboxylic acids is 3. The standard InChI is InChI=1S/C25H24ClN3O4/c1-16(2)23(28-24(31)18-9-3-5-10-20(18)26)25(32)33-15-22(30)19-14-29(13-7-12-27)21-11-6-4-8-17(19)21/h3-6,8-11,14,16,23H,7,13,15H2,1-2H3,(H,28,31)/t23-/m0/s1. The smallest absolute Gasteiger partial charge is 0.329 e. The number of esters is 1. The van der Waals surface area contributed by atoms with E-state index < -0.39 is 24.5 Å². The van der Waals surface area contributed by atoms with Gasteiger partial charge in [-0.1, -0.05) is 55.8 Å². The Balaban J connectivity index is 1.71. The summed E-state index contributed by atoms with van der Waals surface area (Å²) < 4.78 is 7.13. The molecule has 33 heavy (non-hydrogen) atoms. The Morgan fingerprint density at radius 2 is 1.79 bits per heavy atom. The summed E-state index contributed by atoms with van der Waals surface area (Å²) in [5.74, 6) is -1.84. The SMILES string of the molecule is CC(C)[C@H](NC(=O)c1ccccc1Cl)C(=O)OCC(=O)c1cn(CCC#N)c2ccccc12. The third-order valence-electron chi connectivity index (χ3n) is 5.22. The first-order valence-electron chi connectivity index (χ1n) is 10.5. The number of nitriles is 1. The van der Waals surface area contributed by atoms with E-state index in [1.807, 2.05) is 28.8 Å². The molecule has 1 heterocycles. The minimum absolute atomic E-state index is 0.249. The largest absolute Gasteiger partial charge is 0.456 e. The van der Waals surface area contributed by atoms with Crippen molar-refractivity contribution in [3.63, 3.8) is 0 Å². The molecule has 0 spiro atoms. The van der Waals surface area contributed by atoms with Crippen molar-refractivity contribution in [3.8, 4) is 6.07 Å². The molecule has 1 atom stereocenters. The Kier molecular flexibility index (Phi) is 7.86. The van der Waals surface area contributed by atoms with Crippen molar-refractivity contribution >= 4 is 40.2 Å². The molecule has 0 unspecified atom stereocenters. The number of fused-ring (bicyclic) bond motifs is 1. The lowest BCUT2D eigenvalue weighted by molar-refractivity contribution is -0.145. The number of para-hydroxylation sites is 1. The molecule has 1 amide bonds. The zero-order valence-electron chi connectivity index (χ0n) is 18.4. The highest BCUT2D eigenvalue weighted by Crippen LogP contribution is 2.22. The third kappa shape index (κ3) is 5.60. The van der Waals surface area contributed by atoms with Gasteiger partial charge in [0.25, 0.3) is 5.91 Å². The molecule has 2 aromatic carbocycles. The molecular weight excluding hydrogens is 442 g/mol. The lowest BCUT2D eigenvalue weighted by atomic mass is 10.0. The summed E-state index contributed by atoms with van der Waals surface area (Å²) in [5, 5.41) is 12.5. The molecule has 1 aromatic heterocycles. The second-order valence-electron chi connectivity index (χ2n) is 7.87. The lowest BCUT2D eigenvalue weighted by Crippen LogP contribution is -2.45. The number of nitrogens with zero attached hydrogens (tertiary/aromatic N) is 2. The number of ketones is 1. The van der Waals surface area contributed by atoms with E-state index in [9.17, 15) is 14.4 Å². The number of aryl methyl sites for hydroxylation is 1. The average molecular weight is 466 g/mol. The number of amides is 1. The molecule has 0 aliphatic carbocycles. The molecular formula is C25H24ClN3O4. The quantitative estimate of drug-likeness (QED) is 0.373. The maximum atomic E-state index is 12.9.